The van der Waals surface area contributed by atoms with Crippen molar-refractivity contribution in [2.75, 3.05) is 0 Å². The van der Waals surface area contributed by atoms with Crippen molar-refractivity contribution >= 4 is 17.1 Å². The number of aromatic nitrogens is 3. The summed E-state index contributed by atoms with van der Waals surface area (Å²) in [5, 5.41) is 9.19. The Labute approximate surface area is 160 Å². The molecule has 1 unspecified atom stereocenters. The van der Waals surface area contributed by atoms with Crippen molar-refractivity contribution in [1.82, 2.24) is 14.5 Å². The molecule has 0 aliphatic rings. The van der Waals surface area contributed by atoms with E-state index >= 15 is 0 Å². The number of rotatable bonds is 6. The Morgan fingerprint density at radius 2 is 1.81 bits per heavy atom. The SMILES string of the molecule is CCc1nc2c(C)cc(C)nc2n1-c1ccc(C[C@H](C)C(C)C(=O)O)cc1. The van der Waals surface area contributed by atoms with Crippen molar-refractivity contribution in [3.63, 3.8) is 0 Å². The lowest BCUT2D eigenvalue weighted by Gasteiger charge is -2.16. The molecule has 0 aliphatic heterocycles. The zero-order chi connectivity index (χ0) is 19.7. The minimum Gasteiger partial charge on any atom is -0.481 e. The summed E-state index contributed by atoms with van der Waals surface area (Å²) in [5.74, 6) is -0.0232. The smallest absolute Gasteiger partial charge is 0.306 e. The Balaban J connectivity index is 1.97. The van der Waals surface area contributed by atoms with Gasteiger partial charge >= 0.3 is 5.97 Å². The summed E-state index contributed by atoms with van der Waals surface area (Å²) >= 11 is 0. The van der Waals surface area contributed by atoms with Gasteiger partial charge in [0, 0.05) is 17.8 Å². The maximum absolute atomic E-state index is 11.2. The van der Waals surface area contributed by atoms with Crippen molar-refractivity contribution in [2.45, 2.75) is 47.5 Å². The molecule has 2 aromatic heterocycles. The molecule has 0 fully saturated rings. The van der Waals surface area contributed by atoms with E-state index in [1.807, 2.05) is 13.8 Å². The van der Waals surface area contributed by atoms with Gasteiger partial charge in [-0.25, -0.2) is 9.97 Å². The molecule has 1 N–H and O–H groups in total. The highest BCUT2D eigenvalue weighted by Gasteiger charge is 2.20. The lowest BCUT2D eigenvalue weighted by molar-refractivity contribution is -0.142. The molecule has 0 saturated carbocycles. The first-order valence-electron chi connectivity index (χ1n) is 9.49. The summed E-state index contributed by atoms with van der Waals surface area (Å²) < 4.78 is 2.13. The first-order chi connectivity index (χ1) is 12.8. The predicted octanol–water partition coefficient (Wildman–Crippen LogP) is 4.50. The van der Waals surface area contributed by atoms with Crippen molar-refractivity contribution in [1.29, 1.82) is 0 Å². The van der Waals surface area contributed by atoms with Crippen LogP contribution in [0.15, 0.2) is 30.3 Å². The van der Waals surface area contributed by atoms with Crippen LogP contribution in [0.5, 0.6) is 0 Å². The molecule has 0 bridgehead atoms. The number of imidazole rings is 1. The summed E-state index contributed by atoms with van der Waals surface area (Å²) in [7, 11) is 0. The van der Waals surface area contributed by atoms with Gasteiger partial charge in [0.15, 0.2) is 5.65 Å². The van der Waals surface area contributed by atoms with Gasteiger partial charge in [0.1, 0.15) is 11.3 Å². The summed E-state index contributed by atoms with van der Waals surface area (Å²) in [6.45, 7) is 9.93. The van der Waals surface area contributed by atoms with Crippen molar-refractivity contribution in [3.05, 3.63) is 53.0 Å². The van der Waals surface area contributed by atoms with Crippen LogP contribution in [0.4, 0.5) is 0 Å². The molecule has 5 nitrogen and oxygen atoms in total. The Morgan fingerprint density at radius 3 is 2.41 bits per heavy atom. The van der Waals surface area contributed by atoms with Gasteiger partial charge in [0.05, 0.1) is 5.92 Å². The topological polar surface area (TPSA) is 68.0 Å². The fourth-order valence-electron chi connectivity index (χ4n) is 3.49. The minimum atomic E-state index is -0.742. The molecule has 5 heteroatoms. The Kier molecular flexibility index (Phi) is 5.31. The summed E-state index contributed by atoms with van der Waals surface area (Å²) in [6.07, 6.45) is 1.57. The molecule has 0 aliphatic carbocycles. The Hall–Kier alpha value is -2.69. The number of pyridine rings is 1. The second-order valence-electron chi connectivity index (χ2n) is 7.44. The molecular formula is C22H27N3O2. The van der Waals surface area contributed by atoms with Gasteiger partial charge in [0.2, 0.25) is 0 Å². The van der Waals surface area contributed by atoms with E-state index in [9.17, 15) is 9.90 Å². The van der Waals surface area contributed by atoms with Gasteiger partial charge in [-0.05, 0) is 55.5 Å². The number of hydrogen-bond acceptors (Lipinski definition) is 3. The Bertz CT molecular complexity index is 973. The first kappa shape index (κ1) is 19.1. The molecule has 3 aromatic rings. The van der Waals surface area contributed by atoms with Gasteiger partial charge in [-0.3, -0.25) is 9.36 Å². The van der Waals surface area contributed by atoms with E-state index in [1.165, 1.54) is 0 Å². The number of carboxylic acid groups (broad SMARTS) is 1. The summed E-state index contributed by atoms with van der Waals surface area (Å²) in [5.41, 5.74) is 6.14. The third-order valence-corrected chi connectivity index (χ3v) is 5.32. The van der Waals surface area contributed by atoms with E-state index in [0.29, 0.717) is 0 Å². The van der Waals surface area contributed by atoms with Crippen molar-refractivity contribution < 1.29 is 9.90 Å². The van der Waals surface area contributed by atoms with Crippen molar-refractivity contribution in [3.8, 4) is 5.69 Å². The number of carboxylic acids is 1. The molecule has 2 heterocycles. The first-order valence-corrected chi connectivity index (χ1v) is 9.49. The standard InChI is InChI=1S/C22H27N3O2/c1-6-19-24-20-14(3)11-15(4)23-21(20)25(19)18-9-7-17(8-10-18)12-13(2)16(5)22(26)27/h7-11,13,16H,6,12H2,1-5H3,(H,26,27)/t13-,16?/m0/s1. The fraction of sp³-hybridized carbons (Fsp3) is 0.409. The molecule has 2 atom stereocenters. The van der Waals surface area contributed by atoms with Crippen LogP contribution in [-0.2, 0) is 17.6 Å². The molecule has 0 saturated heterocycles. The highest BCUT2D eigenvalue weighted by Crippen LogP contribution is 2.25. The van der Waals surface area contributed by atoms with Crippen molar-refractivity contribution in [2.24, 2.45) is 11.8 Å². The number of benzene rings is 1. The fourth-order valence-corrected chi connectivity index (χ4v) is 3.49. The van der Waals surface area contributed by atoms with E-state index in [0.717, 1.165) is 52.3 Å². The Morgan fingerprint density at radius 1 is 1.15 bits per heavy atom. The number of aliphatic carboxylic acids is 1. The highest BCUT2D eigenvalue weighted by molar-refractivity contribution is 5.78. The predicted molar refractivity (Wildman–Crippen MR) is 107 cm³/mol. The third-order valence-electron chi connectivity index (χ3n) is 5.32. The molecule has 142 valence electrons. The maximum atomic E-state index is 11.2. The molecule has 0 amide bonds. The van der Waals surface area contributed by atoms with Crippen LogP contribution in [0.25, 0.3) is 16.9 Å². The lowest BCUT2D eigenvalue weighted by atomic mass is 9.90. The molecule has 27 heavy (non-hydrogen) atoms. The average molecular weight is 365 g/mol. The number of aryl methyl sites for hydroxylation is 3. The number of carbonyl (C=O) groups is 1. The van der Waals surface area contributed by atoms with Crippen LogP contribution in [0, 0.1) is 25.7 Å². The monoisotopic (exact) mass is 365 g/mol. The second kappa shape index (κ2) is 7.51. The van der Waals surface area contributed by atoms with Crippen LogP contribution in [0.3, 0.4) is 0 Å². The van der Waals surface area contributed by atoms with E-state index in [2.05, 4.69) is 48.7 Å². The maximum Gasteiger partial charge on any atom is 0.306 e. The normalized spacial score (nSPS) is 13.7. The second-order valence-corrected chi connectivity index (χ2v) is 7.44. The third kappa shape index (κ3) is 3.72. The van der Waals surface area contributed by atoms with Gasteiger partial charge < -0.3 is 5.11 Å². The van der Waals surface area contributed by atoms with Crippen LogP contribution < -0.4 is 0 Å². The largest absolute Gasteiger partial charge is 0.481 e. The van der Waals surface area contributed by atoms with Crippen LogP contribution in [0.2, 0.25) is 0 Å². The van der Waals surface area contributed by atoms with Gasteiger partial charge in [-0.2, -0.15) is 0 Å². The molecular weight excluding hydrogens is 338 g/mol. The number of fused-ring (bicyclic) bond motifs is 1. The molecule has 0 radical (unpaired) electrons. The van der Waals surface area contributed by atoms with E-state index in [-0.39, 0.29) is 11.8 Å². The molecule has 1 aromatic carbocycles. The summed E-state index contributed by atoms with van der Waals surface area (Å²) in [6, 6.07) is 10.4. The van der Waals surface area contributed by atoms with E-state index in [1.54, 1.807) is 6.92 Å². The minimum absolute atomic E-state index is 0.0839. The van der Waals surface area contributed by atoms with Crippen LogP contribution >= 0.6 is 0 Å². The molecule has 3 rings (SSSR count). The van der Waals surface area contributed by atoms with Crippen LogP contribution in [-0.4, -0.2) is 25.6 Å². The average Bonchev–Trinajstić information content (AvgIpc) is 3.00. The van der Waals surface area contributed by atoms with E-state index < -0.39 is 5.97 Å². The zero-order valence-electron chi connectivity index (χ0n) is 16.7. The lowest BCUT2D eigenvalue weighted by Crippen LogP contribution is -2.19. The van der Waals surface area contributed by atoms with E-state index in [4.69, 9.17) is 9.97 Å². The molecule has 0 spiro atoms. The van der Waals surface area contributed by atoms with Gasteiger partial charge in [0.25, 0.3) is 0 Å². The van der Waals surface area contributed by atoms with Crippen LogP contribution in [0.1, 0.15) is 43.4 Å². The summed E-state index contributed by atoms with van der Waals surface area (Å²) in [4.78, 5) is 20.7. The number of nitrogens with zero attached hydrogens (tertiary/aromatic N) is 3. The van der Waals surface area contributed by atoms with Gasteiger partial charge in [-0.15, -0.1) is 0 Å². The van der Waals surface area contributed by atoms with Gasteiger partial charge in [-0.1, -0.05) is 32.9 Å². The zero-order valence-corrected chi connectivity index (χ0v) is 16.7. The highest BCUT2D eigenvalue weighted by atomic mass is 16.4. The number of hydrogen-bond donors (Lipinski definition) is 1. The quantitative estimate of drug-likeness (QED) is 0.698.